The first-order valence-corrected chi connectivity index (χ1v) is 9.03. The van der Waals surface area contributed by atoms with E-state index >= 15 is 0 Å². The van der Waals surface area contributed by atoms with Crippen LogP contribution in [-0.2, 0) is 28.1 Å². The lowest BCUT2D eigenvalue weighted by Gasteiger charge is -2.09. The van der Waals surface area contributed by atoms with E-state index in [-0.39, 0.29) is 22.7 Å². The van der Waals surface area contributed by atoms with Gasteiger partial charge in [-0.3, -0.25) is 4.79 Å². The summed E-state index contributed by atoms with van der Waals surface area (Å²) < 4.78 is 24.7. The van der Waals surface area contributed by atoms with Gasteiger partial charge in [-0.25, -0.2) is 8.42 Å². The van der Waals surface area contributed by atoms with Crippen LogP contribution in [0.25, 0.3) is 0 Å². The zero-order chi connectivity index (χ0) is 14.9. The lowest BCUT2D eigenvalue weighted by Crippen LogP contribution is -2.23. The van der Waals surface area contributed by atoms with Crippen molar-refractivity contribution in [3.63, 3.8) is 0 Å². The number of aromatic nitrogens is 3. The molecule has 0 aromatic carbocycles. The summed E-state index contributed by atoms with van der Waals surface area (Å²) >= 11 is 1.25. The fourth-order valence-corrected chi connectivity index (χ4v) is 4.78. The smallest absolute Gasteiger partial charge is 0.230 e. The molecule has 2 heterocycles. The van der Waals surface area contributed by atoms with Crippen LogP contribution >= 0.6 is 11.8 Å². The number of sulfone groups is 1. The van der Waals surface area contributed by atoms with E-state index < -0.39 is 15.7 Å². The number of carbonyl (C=O) groups excluding carboxylic acids is 1. The summed E-state index contributed by atoms with van der Waals surface area (Å²) in [5.41, 5.74) is 5.22. The van der Waals surface area contributed by atoms with Crippen LogP contribution in [0.5, 0.6) is 0 Å². The molecule has 2 atom stereocenters. The summed E-state index contributed by atoms with van der Waals surface area (Å²) in [6.07, 6.45) is 1.27. The third-order valence-electron chi connectivity index (χ3n) is 3.41. The second kappa shape index (κ2) is 5.72. The standard InChI is InChI=1S/C11H18N4O3S2/c1-7(10(12)16)19-11-14-13-9(15(11)2)5-8-3-4-20(17,18)6-8/h7-8H,3-6H2,1-2H3,(H2,12,16)/t7-,8+/m1/s1. The van der Waals surface area contributed by atoms with Crippen LogP contribution in [0.1, 0.15) is 19.2 Å². The van der Waals surface area contributed by atoms with E-state index in [0.717, 1.165) is 5.82 Å². The second-order valence-electron chi connectivity index (χ2n) is 5.09. The maximum Gasteiger partial charge on any atom is 0.230 e. The number of hydrogen-bond donors (Lipinski definition) is 1. The minimum atomic E-state index is -2.88. The maximum absolute atomic E-state index is 11.4. The molecule has 7 nitrogen and oxygen atoms in total. The monoisotopic (exact) mass is 318 g/mol. The lowest BCUT2D eigenvalue weighted by molar-refractivity contribution is -0.117. The van der Waals surface area contributed by atoms with Crippen molar-refractivity contribution in [2.75, 3.05) is 11.5 Å². The molecular weight excluding hydrogens is 300 g/mol. The number of nitrogens with zero attached hydrogens (tertiary/aromatic N) is 3. The Bertz CT molecular complexity index is 611. The number of carbonyl (C=O) groups is 1. The average Bonchev–Trinajstić information content (AvgIpc) is 2.86. The topological polar surface area (TPSA) is 108 Å². The summed E-state index contributed by atoms with van der Waals surface area (Å²) in [5.74, 6) is 0.928. The average molecular weight is 318 g/mol. The molecule has 1 aliphatic rings. The Hall–Kier alpha value is -1.09. The van der Waals surface area contributed by atoms with Gasteiger partial charge in [0, 0.05) is 13.5 Å². The molecule has 0 saturated carbocycles. The lowest BCUT2D eigenvalue weighted by atomic mass is 10.1. The van der Waals surface area contributed by atoms with Crippen molar-refractivity contribution >= 4 is 27.5 Å². The number of hydrogen-bond acceptors (Lipinski definition) is 6. The fourth-order valence-electron chi connectivity index (χ4n) is 2.13. The highest BCUT2D eigenvalue weighted by Crippen LogP contribution is 2.25. The molecule has 0 aliphatic carbocycles. The molecule has 1 aliphatic heterocycles. The Kier molecular flexibility index (Phi) is 4.38. The number of primary amides is 1. The van der Waals surface area contributed by atoms with Gasteiger partial charge in [-0.2, -0.15) is 0 Å². The van der Waals surface area contributed by atoms with E-state index in [4.69, 9.17) is 5.73 Å². The Labute approximate surface area is 122 Å². The highest BCUT2D eigenvalue weighted by Gasteiger charge is 2.29. The quantitative estimate of drug-likeness (QED) is 0.751. The second-order valence-corrected chi connectivity index (χ2v) is 8.63. The van der Waals surface area contributed by atoms with Crippen LogP contribution in [0.4, 0.5) is 0 Å². The number of nitrogens with two attached hydrogens (primary N) is 1. The molecule has 1 saturated heterocycles. The fraction of sp³-hybridized carbons (Fsp3) is 0.727. The van der Waals surface area contributed by atoms with E-state index in [1.54, 1.807) is 11.5 Å². The summed E-state index contributed by atoms with van der Waals surface area (Å²) in [5, 5.41) is 8.36. The molecule has 1 aromatic rings. The Balaban J connectivity index is 2.04. The molecule has 112 valence electrons. The van der Waals surface area contributed by atoms with Gasteiger partial charge in [0.2, 0.25) is 5.91 Å². The van der Waals surface area contributed by atoms with Gasteiger partial charge in [-0.15, -0.1) is 10.2 Å². The first kappa shape index (κ1) is 15.3. The van der Waals surface area contributed by atoms with Gasteiger partial charge in [-0.1, -0.05) is 11.8 Å². The van der Waals surface area contributed by atoms with Crippen molar-refractivity contribution < 1.29 is 13.2 Å². The summed E-state index contributed by atoms with van der Waals surface area (Å²) in [6.45, 7) is 1.71. The molecule has 1 fully saturated rings. The molecule has 0 unspecified atom stereocenters. The molecule has 9 heteroatoms. The first-order chi connectivity index (χ1) is 9.28. The number of amides is 1. The molecule has 1 amide bonds. The normalized spacial score (nSPS) is 22.8. The Morgan fingerprint density at radius 1 is 1.55 bits per heavy atom. The predicted octanol–water partition coefficient (Wildman–Crippen LogP) is -0.242. The van der Waals surface area contributed by atoms with Crippen LogP contribution < -0.4 is 5.73 Å². The number of rotatable bonds is 5. The Morgan fingerprint density at radius 3 is 2.80 bits per heavy atom. The van der Waals surface area contributed by atoms with Gasteiger partial charge >= 0.3 is 0 Å². The van der Waals surface area contributed by atoms with E-state index in [1.807, 2.05) is 7.05 Å². The molecule has 2 rings (SSSR count). The summed E-state index contributed by atoms with van der Waals surface area (Å²) in [6, 6.07) is 0. The van der Waals surface area contributed by atoms with Crippen molar-refractivity contribution in [2.24, 2.45) is 18.7 Å². The largest absolute Gasteiger partial charge is 0.369 e. The van der Waals surface area contributed by atoms with Crippen LogP contribution in [0.15, 0.2) is 5.16 Å². The molecule has 20 heavy (non-hydrogen) atoms. The van der Waals surface area contributed by atoms with Crippen molar-refractivity contribution in [1.29, 1.82) is 0 Å². The van der Waals surface area contributed by atoms with E-state index in [9.17, 15) is 13.2 Å². The molecule has 1 aromatic heterocycles. The Morgan fingerprint density at radius 2 is 2.25 bits per heavy atom. The molecular formula is C11H18N4O3S2. The first-order valence-electron chi connectivity index (χ1n) is 6.33. The van der Waals surface area contributed by atoms with Gasteiger partial charge in [0.15, 0.2) is 15.0 Å². The van der Waals surface area contributed by atoms with Crippen LogP contribution in [0.2, 0.25) is 0 Å². The van der Waals surface area contributed by atoms with Crippen LogP contribution in [0.3, 0.4) is 0 Å². The van der Waals surface area contributed by atoms with Crippen LogP contribution in [0, 0.1) is 5.92 Å². The van der Waals surface area contributed by atoms with E-state index in [1.165, 1.54) is 11.8 Å². The zero-order valence-corrected chi connectivity index (χ0v) is 13.1. The minimum absolute atomic E-state index is 0.106. The van der Waals surface area contributed by atoms with Crippen LogP contribution in [-0.4, -0.2) is 45.8 Å². The highest BCUT2D eigenvalue weighted by molar-refractivity contribution is 8.00. The summed E-state index contributed by atoms with van der Waals surface area (Å²) in [4.78, 5) is 11.0. The molecule has 0 spiro atoms. The predicted molar refractivity (Wildman–Crippen MR) is 76.0 cm³/mol. The molecule has 0 radical (unpaired) electrons. The van der Waals surface area contributed by atoms with Gasteiger partial charge in [0.25, 0.3) is 0 Å². The third-order valence-corrected chi connectivity index (χ3v) is 6.40. The SMILES string of the molecule is C[C@@H](Sc1nnc(C[C@@H]2CCS(=O)(=O)C2)n1C)C(N)=O. The van der Waals surface area contributed by atoms with Gasteiger partial charge in [0.1, 0.15) is 5.82 Å². The van der Waals surface area contributed by atoms with Crippen molar-refractivity contribution in [3.8, 4) is 0 Å². The van der Waals surface area contributed by atoms with E-state index in [2.05, 4.69) is 10.2 Å². The minimum Gasteiger partial charge on any atom is -0.369 e. The zero-order valence-electron chi connectivity index (χ0n) is 11.4. The van der Waals surface area contributed by atoms with Crippen molar-refractivity contribution in [2.45, 2.75) is 30.2 Å². The van der Waals surface area contributed by atoms with Gasteiger partial charge in [0.05, 0.1) is 16.8 Å². The maximum atomic E-state index is 11.4. The number of thioether (sulfide) groups is 1. The highest BCUT2D eigenvalue weighted by atomic mass is 32.2. The van der Waals surface area contributed by atoms with E-state index in [0.29, 0.717) is 18.0 Å². The van der Waals surface area contributed by atoms with Gasteiger partial charge in [-0.05, 0) is 19.3 Å². The summed E-state index contributed by atoms with van der Waals surface area (Å²) in [7, 11) is -1.06. The molecule has 2 N–H and O–H groups in total. The third kappa shape index (κ3) is 3.51. The van der Waals surface area contributed by atoms with Crippen molar-refractivity contribution in [1.82, 2.24) is 14.8 Å². The van der Waals surface area contributed by atoms with Crippen molar-refractivity contribution in [3.05, 3.63) is 5.82 Å². The molecule has 0 bridgehead atoms. The van der Waals surface area contributed by atoms with Gasteiger partial charge < -0.3 is 10.3 Å².